The number of allylic oxidation sites excluding steroid dienone is 3. The highest BCUT2D eigenvalue weighted by Gasteiger charge is 2.25. The van der Waals surface area contributed by atoms with Crippen LogP contribution in [0.25, 0.3) is 0 Å². The maximum absolute atomic E-state index is 12.9. The second-order valence-electron chi connectivity index (χ2n) is 6.54. The first-order valence-corrected chi connectivity index (χ1v) is 10.2. The fourth-order valence-electron chi connectivity index (χ4n) is 3.16. The second-order valence-corrected chi connectivity index (χ2v) is 8.21. The van der Waals surface area contributed by atoms with Crippen molar-refractivity contribution in [1.29, 1.82) is 0 Å². The van der Waals surface area contributed by atoms with Gasteiger partial charge in [0.05, 0.1) is 30.9 Å². The Kier molecular flexibility index (Phi) is 6.87. The Morgan fingerprint density at radius 3 is 2.74 bits per heavy atom. The van der Waals surface area contributed by atoms with Crippen molar-refractivity contribution < 1.29 is 14.3 Å². The maximum Gasteiger partial charge on any atom is 0.192 e. The topological polar surface area (TPSA) is 42.0 Å². The van der Waals surface area contributed by atoms with Crippen LogP contribution in [0.2, 0.25) is 5.02 Å². The number of thioether (sulfide) groups is 1. The molecule has 146 valence electrons. The van der Waals surface area contributed by atoms with Gasteiger partial charge in [-0.3, -0.25) is 9.69 Å². The van der Waals surface area contributed by atoms with Crippen LogP contribution < -0.4 is 4.74 Å². The van der Waals surface area contributed by atoms with E-state index in [9.17, 15) is 4.79 Å². The fraction of sp³-hybridized carbons (Fsp3) is 0.450. The van der Waals surface area contributed by atoms with Gasteiger partial charge < -0.3 is 14.4 Å². The highest BCUT2D eigenvalue weighted by atomic mass is 35.5. The van der Waals surface area contributed by atoms with Gasteiger partial charge in [0, 0.05) is 47.9 Å². The molecule has 0 aromatic heterocycles. The number of rotatable bonds is 6. The van der Waals surface area contributed by atoms with Crippen LogP contribution in [0, 0.1) is 0 Å². The first kappa shape index (κ1) is 20.3. The second kappa shape index (κ2) is 9.15. The normalized spacial score (nSPS) is 19.9. The van der Waals surface area contributed by atoms with E-state index >= 15 is 0 Å². The SMILES string of the molecule is COc1ccc(Cl)cc1C(=O)C=C1SC(C)=C(C)N1CCN1CCOCC1. The summed E-state index contributed by atoms with van der Waals surface area (Å²) in [6.45, 7) is 9.49. The van der Waals surface area contributed by atoms with E-state index in [2.05, 4.69) is 23.6 Å². The lowest BCUT2D eigenvalue weighted by molar-refractivity contribution is 0.0361. The van der Waals surface area contributed by atoms with Crippen LogP contribution in [0.5, 0.6) is 5.75 Å². The molecule has 1 fully saturated rings. The van der Waals surface area contributed by atoms with Crippen LogP contribution in [-0.4, -0.2) is 62.1 Å². The van der Waals surface area contributed by atoms with Gasteiger partial charge in [0.25, 0.3) is 0 Å². The van der Waals surface area contributed by atoms with E-state index in [1.165, 1.54) is 10.6 Å². The number of methoxy groups -OCH3 is 1. The zero-order valence-electron chi connectivity index (χ0n) is 16.0. The average Bonchev–Trinajstić information content (AvgIpc) is 2.94. The Morgan fingerprint density at radius 2 is 2.04 bits per heavy atom. The smallest absolute Gasteiger partial charge is 0.192 e. The molecular formula is C20H25ClN2O3S. The summed E-state index contributed by atoms with van der Waals surface area (Å²) in [5.41, 5.74) is 1.68. The van der Waals surface area contributed by atoms with Crippen molar-refractivity contribution in [1.82, 2.24) is 9.80 Å². The third-order valence-corrected chi connectivity index (χ3v) is 6.25. The zero-order valence-corrected chi connectivity index (χ0v) is 17.5. The van der Waals surface area contributed by atoms with E-state index in [1.54, 1.807) is 43.1 Å². The average molecular weight is 409 g/mol. The number of nitrogens with zero attached hydrogens (tertiary/aromatic N) is 2. The lowest BCUT2D eigenvalue weighted by Crippen LogP contribution is -2.40. The van der Waals surface area contributed by atoms with Crippen LogP contribution in [0.1, 0.15) is 24.2 Å². The lowest BCUT2D eigenvalue weighted by Gasteiger charge is -2.30. The summed E-state index contributed by atoms with van der Waals surface area (Å²) < 4.78 is 10.7. The third-order valence-electron chi connectivity index (χ3n) is 4.86. The molecule has 5 nitrogen and oxygen atoms in total. The van der Waals surface area contributed by atoms with Crippen molar-refractivity contribution in [2.75, 3.05) is 46.5 Å². The highest BCUT2D eigenvalue weighted by molar-refractivity contribution is 8.06. The Bertz CT molecular complexity index is 772. The minimum Gasteiger partial charge on any atom is -0.496 e. The Hall–Kier alpha value is -1.47. The number of carbonyl (C=O) groups is 1. The molecule has 0 unspecified atom stereocenters. The van der Waals surface area contributed by atoms with E-state index in [-0.39, 0.29) is 5.78 Å². The maximum atomic E-state index is 12.9. The van der Waals surface area contributed by atoms with Gasteiger partial charge in [-0.1, -0.05) is 23.4 Å². The third kappa shape index (κ3) is 4.88. The van der Waals surface area contributed by atoms with Crippen molar-refractivity contribution in [3.63, 3.8) is 0 Å². The van der Waals surface area contributed by atoms with Gasteiger partial charge in [0.15, 0.2) is 5.78 Å². The molecule has 0 bridgehead atoms. The summed E-state index contributed by atoms with van der Waals surface area (Å²) in [6.07, 6.45) is 1.69. The van der Waals surface area contributed by atoms with Crippen molar-refractivity contribution in [3.05, 3.63) is 50.5 Å². The number of carbonyl (C=O) groups excluding carboxylic acids is 1. The van der Waals surface area contributed by atoms with Crippen molar-refractivity contribution >= 4 is 29.1 Å². The Morgan fingerprint density at radius 1 is 1.30 bits per heavy atom. The van der Waals surface area contributed by atoms with Crippen molar-refractivity contribution in [2.24, 2.45) is 0 Å². The standard InChI is InChI=1S/C20H25ClN2O3S/c1-14-15(2)27-20(23(14)7-6-22-8-10-26-11-9-22)13-18(24)17-12-16(21)4-5-19(17)25-3/h4-5,12-13H,6-11H2,1-3H3. The highest BCUT2D eigenvalue weighted by Crippen LogP contribution is 2.40. The monoisotopic (exact) mass is 408 g/mol. The molecule has 0 radical (unpaired) electrons. The molecule has 1 aromatic carbocycles. The Labute approximate surface area is 169 Å². The summed E-state index contributed by atoms with van der Waals surface area (Å²) >= 11 is 7.72. The molecule has 0 N–H and O–H groups in total. The van der Waals surface area contributed by atoms with Gasteiger partial charge in [0.1, 0.15) is 5.75 Å². The van der Waals surface area contributed by atoms with Gasteiger partial charge in [-0.05, 0) is 32.0 Å². The summed E-state index contributed by atoms with van der Waals surface area (Å²) in [6, 6.07) is 5.10. The number of benzene rings is 1. The molecule has 0 amide bonds. The van der Waals surface area contributed by atoms with Crippen molar-refractivity contribution in [2.45, 2.75) is 13.8 Å². The van der Waals surface area contributed by atoms with Gasteiger partial charge in [-0.15, -0.1) is 0 Å². The summed E-state index contributed by atoms with van der Waals surface area (Å²) in [5.74, 6) is 0.432. The molecule has 7 heteroatoms. The predicted molar refractivity (Wildman–Crippen MR) is 110 cm³/mol. The lowest BCUT2D eigenvalue weighted by atomic mass is 10.1. The first-order chi connectivity index (χ1) is 13.0. The van der Waals surface area contributed by atoms with Crippen molar-refractivity contribution in [3.8, 4) is 5.75 Å². The van der Waals surface area contributed by atoms with E-state index in [1.807, 2.05) is 0 Å². The molecule has 0 saturated carbocycles. The van der Waals surface area contributed by atoms with Crippen LogP contribution in [-0.2, 0) is 4.74 Å². The van der Waals surface area contributed by atoms with Crippen LogP contribution in [0.15, 0.2) is 39.9 Å². The summed E-state index contributed by atoms with van der Waals surface area (Å²) in [7, 11) is 1.56. The minimum atomic E-state index is -0.101. The first-order valence-electron chi connectivity index (χ1n) is 9.02. The molecule has 3 rings (SSSR count). The van der Waals surface area contributed by atoms with E-state index in [4.69, 9.17) is 21.1 Å². The molecule has 1 saturated heterocycles. The molecule has 0 aliphatic carbocycles. The number of halogens is 1. The molecule has 2 aliphatic rings. The fourth-order valence-corrected chi connectivity index (χ4v) is 4.40. The van der Waals surface area contributed by atoms with E-state index in [0.717, 1.165) is 44.4 Å². The van der Waals surface area contributed by atoms with E-state index < -0.39 is 0 Å². The van der Waals surface area contributed by atoms with Gasteiger partial charge in [0.2, 0.25) is 0 Å². The zero-order chi connectivity index (χ0) is 19.4. The number of morpholine rings is 1. The molecule has 2 aliphatic heterocycles. The molecule has 27 heavy (non-hydrogen) atoms. The number of ether oxygens (including phenoxy) is 2. The predicted octanol–water partition coefficient (Wildman–Crippen LogP) is 4.01. The van der Waals surface area contributed by atoms with Gasteiger partial charge in [-0.2, -0.15) is 0 Å². The van der Waals surface area contributed by atoms with E-state index in [0.29, 0.717) is 16.3 Å². The largest absolute Gasteiger partial charge is 0.496 e. The molecule has 0 atom stereocenters. The summed E-state index contributed by atoms with van der Waals surface area (Å²) in [4.78, 5) is 18.7. The minimum absolute atomic E-state index is 0.101. The van der Waals surface area contributed by atoms with Gasteiger partial charge in [-0.25, -0.2) is 0 Å². The van der Waals surface area contributed by atoms with Crippen LogP contribution in [0.3, 0.4) is 0 Å². The number of ketones is 1. The molecule has 1 aromatic rings. The van der Waals surface area contributed by atoms with Crippen LogP contribution in [0.4, 0.5) is 0 Å². The molecule has 2 heterocycles. The van der Waals surface area contributed by atoms with Crippen LogP contribution >= 0.6 is 23.4 Å². The molecule has 0 spiro atoms. The Balaban J connectivity index is 1.77. The quantitative estimate of drug-likeness (QED) is 0.523. The number of hydrogen-bond donors (Lipinski definition) is 0. The van der Waals surface area contributed by atoms with Gasteiger partial charge >= 0.3 is 0 Å². The molecular weight excluding hydrogens is 384 g/mol. The summed E-state index contributed by atoms with van der Waals surface area (Å²) in [5, 5.41) is 1.47. The number of hydrogen-bond acceptors (Lipinski definition) is 6.